The summed E-state index contributed by atoms with van der Waals surface area (Å²) >= 11 is 12.3. The number of ether oxygens (including phenoxy) is 1. The summed E-state index contributed by atoms with van der Waals surface area (Å²) in [6, 6.07) is 13.1. The normalized spacial score (nSPS) is 11.1. The van der Waals surface area contributed by atoms with Crippen LogP contribution in [0.5, 0.6) is 5.75 Å². The maximum Gasteiger partial charge on any atom is 0.120 e. The van der Waals surface area contributed by atoms with Gasteiger partial charge in [-0.1, -0.05) is 74.7 Å². The minimum absolute atomic E-state index is 0.615. The molecule has 0 radical (unpaired) electrons. The third-order valence-electron chi connectivity index (χ3n) is 4.21. The Morgan fingerprint density at radius 3 is 2.48 bits per heavy atom. The van der Waals surface area contributed by atoms with Gasteiger partial charge in [0.05, 0.1) is 23.5 Å². The van der Waals surface area contributed by atoms with Crippen LogP contribution in [0.15, 0.2) is 47.6 Å². The van der Waals surface area contributed by atoms with Crippen LogP contribution in [0.2, 0.25) is 10.0 Å². The van der Waals surface area contributed by atoms with Gasteiger partial charge in [0.1, 0.15) is 5.75 Å². The molecule has 0 fully saturated rings. The number of hydrogen-bond acceptors (Lipinski definition) is 3. The fraction of sp³-hybridized carbons (Fsp3) is 0.409. The van der Waals surface area contributed by atoms with Crippen LogP contribution in [0.3, 0.4) is 0 Å². The highest BCUT2D eigenvalue weighted by Gasteiger charge is 2.01. The van der Waals surface area contributed by atoms with E-state index < -0.39 is 0 Å². The molecule has 0 atom stereocenters. The average molecular weight is 407 g/mol. The van der Waals surface area contributed by atoms with Gasteiger partial charge in [0.15, 0.2) is 0 Å². The van der Waals surface area contributed by atoms with Gasteiger partial charge in [-0.2, -0.15) is 5.10 Å². The van der Waals surface area contributed by atoms with Crippen molar-refractivity contribution in [2.45, 2.75) is 51.9 Å². The number of benzene rings is 2. The van der Waals surface area contributed by atoms with Crippen LogP contribution in [0, 0.1) is 0 Å². The number of rotatable bonds is 12. The second kappa shape index (κ2) is 12.6. The smallest absolute Gasteiger partial charge is 0.120 e. The molecule has 0 unspecified atom stereocenters. The minimum atomic E-state index is 0.615. The molecular formula is C22H28Cl2N2O. The third-order valence-corrected chi connectivity index (χ3v) is 4.77. The lowest BCUT2D eigenvalue weighted by Gasteiger charge is -2.08. The average Bonchev–Trinajstić information content (AvgIpc) is 2.65. The Morgan fingerprint density at radius 1 is 0.963 bits per heavy atom. The van der Waals surface area contributed by atoms with Gasteiger partial charge in [0.2, 0.25) is 0 Å². The number of hydrazone groups is 1. The van der Waals surface area contributed by atoms with Crippen molar-refractivity contribution in [2.24, 2.45) is 5.10 Å². The maximum atomic E-state index is 6.33. The monoisotopic (exact) mass is 406 g/mol. The Bertz CT molecular complexity index is 719. The Hall–Kier alpha value is -1.71. The van der Waals surface area contributed by atoms with Gasteiger partial charge in [0.25, 0.3) is 0 Å². The molecule has 0 aliphatic carbocycles. The first-order valence-electron chi connectivity index (χ1n) is 9.66. The Morgan fingerprint density at radius 2 is 1.74 bits per heavy atom. The van der Waals surface area contributed by atoms with Gasteiger partial charge in [-0.3, -0.25) is 5.43 Å². The fourth-order valence-electron chi connectivity index (χ4n) is 2.69. The number of halogens is 2. The zero-order chi connectivity index (χ0) is 19.3. The highest BCUT2D eigenvalue weighted by atomic mass is 35.5. The first-order valence-corrected chi connectivity index (χ1v) is 10.4. The molecular weight excluding hydrogens is 379 g/mol. The van der Waals surface area contributed by atoms with Gasteiger partial charge >= 0.3 is 0 Å². The number of nitrogens with zero attached hydrogens (tertiary/aromatic N) is 1. The van der Waals surface area contributed by atoms with Crippen LogP contribution < -0.4 is 10.2 Å². The minimum Gasteiger partial charge on any atom is -0.494 e. The molecule has 0 heterocycles. The molecule has 0 spiro atoms. The van der Waals surface area contributed by atoms with Crippen molar-refractivity contribution in [1.82, 2.24) is 0 Å². The molecule has 5 heteroatoms. The Balaban J connectivity index is 1.72. The second-order valence-corrected chi connectivity index (χ2v) is 7.38. The number of hydrogen-bond donors (Lipinski definition) is 1. The van der Waals surface area contributed by atoms with E-state index in [1.807, 2.05) is 36.4 Å². The van der Waals surface area contributed by atoms with Gasteiger partial charge < -0.3 is 4.74 Å². The van der Waals surface area contributed by atoms with E-state index in [-0.39, 0.29) is 0 Å². The van der Waals surface area contributed by atoms with Gasteiger partial charge in [-0.05, 0) is 42.8 Å². The number of unbranched alkanes of at least 4 members (excludes halogenated alkanes) is 6. The summed E-state index contributed by atoms with van der Waals surface area (Å²) in [4.78, 5) is 0. The van der Waals surface area contributed by atoms with Crippen LogP contribution in [-0.2, 0) is 0 Å². The summed E-state index contributed by atoms with van der Waals surface area (Å²) < 4.78 is 5.80. The predicted molar refractivity (Wildman–Crippen MR) is 118 cm³/mol. The molecule has 0 saturated heterocycles. The van der Waals surface area contributed by atoms with E-state index in [1.54, 1.807) is 12.3 Å². The first-order chi connectivity index (χ1) is 13.2. The lowest BCUT2D eigenvalue weighted by atomic mass is 10.1. The van der Waals surface area contributed by atoms with Gasteiger partial charge in [-0.25, -0.2) is 0 Å². The highest BCUT2D eigenvalue weighted by molar-refractivity contribution is 6.33. The van der Waals surface area contributed by atoms with E-state index in [0.29, 0.717) is 10.0 Å². The van der Waals surface area contributed by atoms with Crippen LogP contribution in [0.4, 0.5) is 5.69 Å². The van der Waals surface area contributed by atoms with E-state index in [1.165, 1.54) is 38.5 Å². The number of anilines is 1. The van der Waals surface area contributed by atoms with Gasteiger partial charge in [-0.15, -0.1) is 0 Å². The van der Waals surface area contributed by atoms with Crippen molar-refractivity contribution < 1.29 is 4.74 Å². The topological polar surface area (TPSA) is 33.6 Å². The van der Waals surface area contributed by atoms with E-state index >= 15 is 0 Å². The van der Waals surface area contributed by atoms with Crippen molar-refractivity contribution in [2.75, 3.05) is 12.0 Å². The zero-order valence-corrected chi connectivity index (χ0v) is 17.4. The molecule has 0 aliphatic rings. The van der Waals surface area contributed by atoms with Crippen LogP contribution in [0.25, 0.3) is 0 Å². The summed E-state index contributed by atoms with van der Waals surface area (Å²) in [5.74, 6) is 0.797. The summed E-state index contributed by atoms with van der Waals surface area (Å²) in [5.41, 5.74) is 4.59. The third kappa shape index (κ3) is 8.68. The largest absolute Gasteiger partial charge is 0.494 e. The molecule has 0 aliphatic heterocycles. The molecule has 3 nitrogen and oxygen atoms in total. The Labute approximate surface area is 172 Å². The van der Waals surface area contributed by atoms with Crippen LogP contribution in [0.1, 0.15) is 57.4 Å². The molecule has 0 aromatic heterocycles. The number of nitrogens with one attached hydrogen (secondary N) is 1. The van der Waals surface area contributed by atoms with Crippen molar-refractivity contribution in [3.05, 3.63) is 58.1 Å². The van der Waals surface area contributed by atoms with Crippen LogP contribution in [-0.4, -0.2) is 12.8 Å². The lowest BCUT2D eigenvalue weighted by Crippen LogP contribution is -1.98. The molecule has 0 bridgehead atoms. The van der Waals surface area contributed by atoms with Crippen LogP contribution >= 0.6 is 23.2 Å². The molecule has 1 N–H and O–H groups in total. The van der Waals surface area contributed by atoms with E-state index in [9.17, 15) is 0 Å². The molecule has 27 heavy (non-hydrogen) atoms. The fourth-order valence-corrected chi connectivity index (χ4v) is 3.10. The van der Waals surface area contributed by atoms with E-state index in [2.05, 4.69) is 17.5 Å². The van der Waals surface area contributed by atoms with Crippen molar-refractivity contribution in [3.63, 3.8) is 0 Å². The quantitative estimate of drug-likeness (QED) is 0.224. The van der Waals surface area contributed by atoms with E-state index in [0.717, 1.165) is 30.0 Å². The Kier molecular flexibility index (Phi) is 10.1. The second-order valence-electron chi connectivity index (χ2n) is 6.53. The summed E-state index contributed by atoms with van der Waals surface area (Å²) in [6.07, 6.45) is 10.6. The first kappa shape index (κ1) is 21.6. The van der Waals surface area contributed by atoms with Gasteiger partial charge in [0, 0.05) is 10.6 Å². The van der Waals surface area contributed by atoms with E-state index in [4.69, 9.17) is 27.9 Å². The lowest BCUT2D eigenvalue weighted by molar-refractivity contribution is 0.304. The molecule has 2 aromatic rings. The highest BCUT2D eigenvalue weighted by Crippen LogP contribution is 2.22. The zero-order valence-electron chi connectivity index (χ0n) is 15.9. The standard InChI is InChI=1S/C22H28Cl2N2O/c1-2-3-4-5-6-7-8-14-27-21-13-12-18(22(24)16-21)17-25-26-20-11-9-10-19(23)15-20/h9-13,15-17,26H,2-8,14H2,1H3. The summed E-state index contributed by atoms with van der Waals surface area (Å²) in [7, 11) is 0. The maximum absolute atomic E-state index is 6.33. The van der Waals surface area contributed by atoms with Crippen molar-refractivity contribution >= 4 is 35.1 Å². The van der Waals surface area contributed by atoms with Crippen molar-refractivity contribution in [1.29, 1.82) is 0 Å². The van der Waals surface area contributed by atoms with Crippen molar-refractivity contribution in [3.8, 4) is 5.75 Å². The summed E-state index contributed by atoms with van der Waals surface area (Å²) in [6.45, 7) is 2.97. The summed E-state index contributed by atoms with van der Waals surface area (Å²) in [5, 5.41) is 5.48. The SMILES string of the molecule is CCCCCCCCCOc1ccc(C=NNc2cccc(Cl)c2)c(Cl)c1. The molecule has 0 saturated carbocycles. The molecule has 146 valence electrons. The predicted octanol–water partition coefficient (Wildman–Crippen LogP) is 7.57. The molecule has 0 amide bonds. The molecule has 2 aromatic carbocycles. The molecule has 2 rings (SSSR count).